The number of hydrogen-bond donors (Lipinski definition) is 1. The number of benzene rings is 1. The number of nitrogens with zero attached hydrogens (tertiary/aromatic N) is 4. The monoisotopic (exact) mass is 455 g/mol. The number of hydrogen-bond acceptors (Lipinski definition) is 6. The zero-order chi connectivity index (χ0) is 21.5. The van der Waals surface area contributed by atoms with E-state index in [2.05, 4.69) is 10.4 Å². The molecule has 1 amide bonds. The number of amides is 1. The molecule has 0 atom stereocenters. The molecule has 0 radical (unpaired) electrons. The second-order valence-electron chi connectivity index (χ2n) is 6.74. The Kier molecular flexibility index (Phi) is 4.72. The summed E-state index contributed by atoms with van der Waals surface area (Å²) < 4.78 is 9.51. The molecule has 31 heavy (non-hydrogen) atoms. The molecule has 5 aromatic rings. The van der Waals surface area contributed by atoms with Crippen molar-refractivity contribution < 1.29 is 9.21 Å². The first-order valence-electron chi connectivity index (χ1n) is 9.18. The van der Waals surface area contributed by atoms with Crippen LogP contribution in [0.5, 0.6) is 0 Å². The lowest BCUT2D eigenvalue weighted by atomic mass is 10.3. The Bertz CT molecular complexity index is 1540. The van der Waals surface area contributed by atoms with Gasteiger partial charge in [0.25, 0.3) is 5.56 Å². The van der Waals surface area contributed by atoms with Crippen LogP contribution >= 0.6 is 22.9 Å². The zero-order valence-corrected chi connectivity index (χ0v) is 17.4. The summed E-state index contributed by atoms with van der Waals surface area (Å²) in [5.74, 6) is 0.225. The molecule has 156 valence electrons. The fraction of sp³-hybridized carbons (Fsp3) is 0.100. The van der Waals surface area contributed by atoms with E-state index in [1.54, 1.807) is 47.8 Å². The highest BCUT2D eigenvalue weighted by Crippen LogP contribution is 2.18. The topological polar surface area (TPSA) is 104 Å². The molecular formula is C20H14ClN5O4S. The molecule has 4 heterocycles. The molecule has 0 spiro atoms. The average Bonchev–Trinajstić information content (AvgIpc) is 3.46. The van der Waals surface area contributed by atoms with E-state index in [1.165, 1.54) is 26.6 Å². The minimum absolute atomic E-state index is 0.105. The van der Waals surface area contributed by atoms with Crippen molar-refractivity contribution in [3.05, 3.63) is 85.7 Å². The molecule has 11 heteroatoms. The van der Waals surface area contributed by atoms with Crippen LogP contribution < -0.4 is 16.6 Å². The normalized spacial score (nSPS) is 11.4. The van der Waals surface area contributed by atoms with E-state index in [0.29, 0.717) is 26.7 Å². The number of thiophene rings is 1. The lowest BCUT2D eigenvalue weighted by molar-refractivity contribution is -0.117. The predicted octanol–water partition coefficient (Wildman–Crippen LogP) is 2.81. The second-order valence-corrected chi connectivity index (χ2v) is 8.09. The van der Waals surface area contributed by atoms with E-state index in [0.717, 1.165) is 4.68 Å². The smallest absolute Gasteiger partial charge is 0.352 e. The Hall–Kier alpha value is -3.63. The van der Waals surface area contributed by atoms with Crippen LogP contribution in [0.3, 0.4) is 0 Å². The fourth-order valence-electron chi connectivity index (χ4n) is 3.34. The number of anilines is 1. The average molecular weight is 456 g/mol. The van der Waals surface area contributed by atoms with Gasteiger partial charge in [-0.05, 0) is 41.8 Å². The summed E-state index contributed by atoms with van der Waals surface area (Å²) in [5.41, 5.74) is 0.152. The Morgan fingerprint density at radius 3 is 2.84 bits per heavy atom. The molecule has 1 N–H and O–H groups in total. The van der Waals surface area contributed by atoms with Crippen LogP contribution in [-0.2, 0) is 17.9 Å². The van der Waals surface area contributed by atoms with Gasteiger partial charge in [0.1, 0.15) is 17.0 Å². The van der Waals surface area contributed by atoms with Crippen LogP contribution in [0.1, 0.15) is 5.76 Å². The van der Waals surface area contributed by atoms with Crippen molar-refractivity contribution in [3.63, 3.8) is 0 Å². The Balaban J connectivity index is 1.58. The van der Waals surface area contributed by atoms with Crippen molar-refractivity contribution >= 4 is 50.5 Å². The van der Waals surface area contributed by atoms with Gasteiger partial charge < -0.3 is 9.73 Å². The van der Waals surface area contributed by atoms with Gasteiger partial charge in [-0.3, -0.25) is 14.2 Å². The molecule has 1 aromatic carbocycles. The minimum Gasteiger partial charge on any atom is -0.467 e. The molecule has 0 aliphatic heterocycles. The fourth-order valence-corrected chi connectivity index (χ4v) is 4.35. The number of fused-ring (bicyclic) bond motifs is 3. The van der Waals surface area contributed by atoms with Crippen LogP contribution in [0.15, 0.2) is 68.1 Å². The van der Waals surface area contributed by atoms with Crippen LogP contribution in [0.2, 0.25) is 5.02 Å². The van der Waals surface area contributed by atoms with Crippen molar-refractivity contribution in [1.29, 1.82) is 0 Å². The maximum absolute atomic E-state index is 13.1. The van der Waals surface area contributed by atoms with E-state index >= 15 is 0 Å². The number of aromatic nitrogens is 4. The molecule has 0 bridgehead atoms. The molecular weight excluding hydrogens is 442 g/mol. The lowest BCUT2D eigenvalue weighted by Crippen LogP contribution is -2.29. The van der Waals surface area contributed by atoms with Crippen molar-refractivity contribution in [2.75, 3.05) is 5.32 Å². The van der Waals surface area contributed by atoms with E-state index in [4.69, 9.17) is 16.0 Å². The SMILES string of the molecule is O=C(Cn1nc2n(Cc3ccco3)c(=O)c3sccc3n2c1=O)Nc1cccc(Cl)c1. The van der Waals surface area contributed by atoms with E-state index in [1.807, 2.05) is 0 Å². The summed E-state index contributed by atoms with van der Waals surface area (Å²) >= 11 is 7.18. The molecule has 0 aliphatic carbocycles. The summed E-state index contributed by atoms with van der Waals surface area (Å²) in [7, 11) is 0. The van der Waals surface area contributed by atoms with Gasteiger partial charge in [-0.15, -0.1) is 16.4 Å². The molecule has 0 aliphatic rings. The van der Waals surface area contributed by atoms with E-state index < -0.39 is 11.6 Å². The standard InChI is InChI=1S/C20H14ClN5O4S/c21-12-3-1-4-13(9-12)22-16(27)11-25-20(29)26-15-6-8-31-17(15)18(28)24(19(26)23-25)10-14-5-2-7-30-14/h1-9H,10-11H2,(H,22,27). The number of nitrogens with one attached hydrogen (secondary N) is 1. The zero-order valence-electron chi connectivity index (χ0n) is 15.8. The van der Waals surface area contributed by atoms with E-state index in [-0.39, 0.29) is 24.4 Å². The molecule has 5 rings (SSSR count). The highest BCUT2D eigenvalue weighted by atomic mass is 35.5. The van der Waals surface area contributed by atoms with Crippen molar-refractivity contribution in [2.45, 2.75) is 13.1 Å². The second kappa shape index (κ2) is 7.56. The van der Waals surface area contributed by atoms with Gasteiger partial charge in [-0.25, -0.2) is 13.9 Å². The molecule has 0 saturated carbocycles. The Morgan fingerprint density at radius 2 is 2.06 bits per heavy atom. The van der Waals surface area contributed by atoms with Gasteiger partial charge in [-0.2, -0.15) is 0 Å². The van der Waals surface area contributed by atoms with Crippen molar-refractivity contribution in [1.82, 2.24) is 18.7 Å². The third kappa shape index (κ3) is 3.45. The molecule has 9 nitrogen and oxygen atoms in total. The van der Waals surface area contributed by atoms with Crippen LogP contribution in [0.4, 0.5) is 5.69 Å². The highest BCUT2D eigenvalue weighted by Gasteiger charge is 2.20. The number of rotatable bonds is 5. The number of carbonyl (C=O) groups is 1. The molecule has 0 unspecified atom stereocenters. The summed E-state index contributed by atoms with van der Waals surface area (Å²) in [5, 5.41) is 9.18. The Labute approximate surface area is 182 Å². The van der Waals surface area contributed by atoms with Crippen LogP contribution in [0.25, 0.3) is 16.0 Å². The van der Waals surface area contributed by atoms with Crippen LogP contribution in [0, 0.1) is 0 Å². The summed E-state index contributed by atoms with van der Waals surface area (Å²) in [6.45, 7) is -0.220. The van der Waals surface area contributed by atoms with Gasteiger partial charge >= 0.3 is 5.69 Å². The van der Waals surface area contributed by atoms with Crippen LogP contribution in [-0.4, -0.2) is 24.7 Å². The summed E-state index contributed by atoms with van der Waals surface area (Å²) in [6.07, 6.45) is 1.51. The minimum atomic E-state index is -0.521. The number of carbonyl (C=O) groups excluding carboxylic acids is 1. The van der Waals surface area contributed by atoms with Gasteiger partial charge in [0, 0.05) is 10.7 Å². The van der Waals surface area contributed by atoms with E-state index in [9.17, 15) is 14.4 Å². The Morgan fingerprint density at radius 1 is 1.19 bits per heavy atom. The maximum atomic E-state index is 13.1. The number of halogens is 1. The van der Waals surface area contributed by atoms with Gasteiger partial charge in [0.15, 0.2) is 0 Å². The number of furan rings is 1. The molecule has 0 saturated heterocycles. The lowest BCUT2D eigenvalue weighted by Gasteiger charge is -2.05. The quantitative estimate of drug-likeness (QED) is 0.439. The van der Waals surface area contributed by atoms with Crippen molar-refractivity contribution in [2.24, 2.45) is 0 Å². The third-order valence-corrected chi connectivity index (χ3v) is 5.81. The van der Waals surface area contributed by atoms with Gasteiger partial charge in [0.05, 0.1) is 18.3 Å². The molecule has 4 aromatic heterocycles. The summed E-state index contributed by atoms with van der Waals surface area (Å²) in [4.78, 5) is 38.6. The first-order valence-corrected chi connectivity index (χ1v) is 10.4. The first-order chi connectivity index (χ1) is 15.0. The van der Waals surface area contributed by atoms with Gasteiger partial charge in [0.2, 0.25) is 11.7 Å². The largest absolute Gasteiger partial charge is 0.467 e. The van der Waals surface area contributed by atoms with Gasteiger partial charge in [-0.1, -0.05) is 17.7 Å². The maximum Gasteiger partial charge on any atom is 0.352 e. The summed E-state index contributed by atoms with van der Waals surface area (Å²) in [6, 6.07) is 11.8. The first kappa shape index (κ1) is 19.3. The predicted molar refractivity (Wildman–Crippen MR) is 117 cm³/mol. The highest BCUT2D eigenvalue weighted by molar-refractivity contribution is 7.17. The third-order valence-electron chi connectivity index (χ3n) is 4.68. The van der Waals surface area contributed by atoms with Crippen molar-refractivity contribution in [3.8, 4) is 0 Å². The molecule has 0 fully saturated rings.